The molecule has 3 N–H and O–H groups in total. The molecule has 1 aromatic carbocycles. The minimum atomic E-state index is -0.734. The SMILES string of the molecule is CNC(=O)[C@@H]1C[C@@H](n2cc(C(C)(C)NC(=O)c3ccccc3OC)nn2)CN1. The van der Waals surface area contributed by atoms with Crippen LogP contribution < -0.4 is 20.7 Å². The topological polar surface area (TPSA) is 110 Å². The van der Waals surface area contributed by atoms with E-state index in [0.29, 0.717) is 30.0 Å². The number of carbonyl (C=O) groups excluding carboxylic acids is 2. The van der Waals surface area contributed by atoms with Crippen molar-refractivity contribution in [3.8, 4) is 5.75 Å². The number of amides is 2. The van der Waals surface area contributed by atoms with Crippen LogP contribution in [0.4, 0.5) is 0 Å². The van der Waals surface area contributed by atoms with Crippen molar-refractivity contribution in [1.82, 2.24) is 30.9 Å². The highest BCUT2D eigenvalue weighted by molar-refractivity contribution is 5.97. The van der Waals surface area contributed by atoms with Crippen LogP contribution in [0.25, 0.3) is 0 Å². The summed E-state index contributed by atoms with van der Waals surface area (Å²) in [5.74, 6) is 0.225. The van der Waals surface area contributed by atoms with Gasteiger partial charge in [0.25, 0.3) is 5.91 Å². The molecule has 1 aliphatic rings. The zero-order valence-corrected chi connectivity index (χ0v) is 16.5. The average molecular weight is 386 g/mol. The molecule has 28 heavy (non-hydrogen) atoms. The zero-order chi connectivity index (χ0) is 20.3. The molecular weight excluding hydrogens is 360 g/mol. The molecule has 2 amide bonds. The third-order valence-corrected chi connectivity index (χ3v) is 4.97. The summed E-state index contributed by atoms with van der Waals surface area (Å²) in [6.45, 7) is 4.37. The van der Waals surface area contributed by atoms with Crippen molar-refractivity contribution in [2.75, 3.05) is 20.7 Å². The van der Waals surface area contributed by atoms with E-state index in [1.807, 2.05) is 26.1 Å². The first-order chi connectivity index (χ1) is 13.4. The van der Waals surface area contributed by atoms with Crippen LogP contribution in [0.1, 0.15) is 42.4 Å². The molecule has 0 bridgehead atoms. The predicted molar refractivity (Wildman–Crippen MR) is 103 cm³/mol. The molecule has 0 radical (unpaired) electrons. The maximum Gasteiger partial charge on any atom is 0.255 e. The van der Waals surface area contributed by atoms with E-state index in [-0.39, 0.29) is 23.9 Å². The molecule has 2 heterocycles. The second kappa shape index (κ2) is 7.97. The number of methoxy groups -OCH3 is 1. The maximum atomic E-state index is 12.7. The van der Waals surface area contributed by atoms with E-state index >= 15 is 0 Å². The van der Waals surface area contributed by atoms with Crippen molar-refractivity contribution in [3.05, 3.63) is 41.7 Å². The fraction of sp³-hybridized carbons (Fsp3) is 0.474. The summed E-state index contributed by atoms with van der Waals surface area (Å²) in [5, 5.41) is 17.3. The van der Waals surface area contributed by atoms with Crippen molar-refractivity contribution in [2.24, 2.45) is 0 Å². The Balaban J connectivity index is 1.71. The predicted octanol–water partition coefficient (Wildman–Crippen LogP) is 0.601. The van der Waals surface area contributed by atoms with Gasteiger partial charge in [0.15, 0.2) is 0 Å². The lowest BCUT2D eigenvalue weighted by Crippen LogP contribution is -2.41. The normalized spacial score (nSPS) is 19.3. The summed E-state index contributed by atoms with van der Waals surface area (Å²) < 4.78 is 7.02. The van der Waals surface area contributed by atoms with Crippen molar-refractivity contribution in [1.29, 1.82) is 0 Å². The molecule has 0 aliphatic carbocycles. The molecule has 2 aromatic rings. The molecule has 150 valence electrons. The number of ether oxygens (including phenoxy) is 1. The molecule has 1 aromatic heterocycles. The Morgan fingerprint density at radius 2 is 2.07 bits per heavy atom. The van der Waals surface area contributed by atoms with Gasteiger partial charge in [0, 0.05) is 13.6 Å². The Bertz CT molecular complexity index is 863. The monoisotopic (exact) mass is 386 g/mol. The third-order valence-electron chi connectivity index (χ3n) is 4.97. The molecule has 9 heteroatoms. The number of carbonyl (C=O) groups is 2. The van der Waals surface area contributed by atoms with Crippen LogP contribution in [-0.2, 0) is 10.3 Å². The summed E-state index contributed by atoms with van der Waals surface area (Å²) in [4.78, 5) is 24.5. The highest BCUT2D eigenvalue weighted by Gasteiger charge is 2.33. The van der Waals surface area contributed by atoms with Gasteiger partial charge in [-0.05, 0) is 32.4 Å². The number of nitrogens with zero attached hydrogens (tertiary/aromatic N) is 3. The summed E-state index contributed by atoms with van der Waals surface area (Å²) in [6, 6.07) is 6.86. The van der Waals surface area contributed by atoms with E-state index < -0.39 is 5.54 Å². The zero-order valence-electron chi connectivity index (χ0n) is 16.5. The van der Waals surface area contributed by atoms with Gasteiger partial charge in [0.1, 0.15) is 11.4 Å². The lowest BCUT2D eigenvalue weighted by molar-refractivity contribution is -0.122. The molecule has 3 rings (SSSR count). The Kier molecular flexibility index (Phi) is 5.64. The Morgan fingerprint density at radius 3 is 2.79 bits per heavy atom. The molecule has 0 unspecified atom stereocenters. The molecule has 0 saturated carbocycles. The maximum absolute atomic E-state index is 12.7. The van der Waals surface area contributed by atoms with E-state index in [1.165, 1.54) is 7.11 Å². The lowest BCUT2D eigenvalue weighted by Gasteiger charge is -2.24. The highest BCUT2D eigenvalue weighted by atomic mass is 16.5. The van der Waals surface area contributed by atoms with Gasteiger partial charge in [-0.1, -0.05) is 17.3 Å². The van der Waals surface area contributed by atoms with Crippen LogP contribution >= 0.6 is 0 Å². The summed E-state index contributed by atoms with van der Waals surface area (Å²) in [6.07, 6.45) is 2.46. The van der Waals surface area contributed by atoms with E-state index in [2.05, 4.69) is 26.3 Å². The second-order valence-electron chi connectivity index (χ2n) is 7.33. The van der Waals surface area contributed by atoms with Gasteiger partial charge in [0.2, 0.25) is 5.91 Å². The molecule has 1 aliphatic heterocycles. The minimum absolute atomic E-state index is 0.0317. The van der Waals surface area contributed by atoms with Gasteiger partial charge in [-0.25, -0.2) is 4.68 Å². The van der Waals surface area contributed by atoms with Gasteiger partial charge < -0.3 is 20.7 Å². The van der Waals surface area contributed by atoms with Crippen LogP contribution in [0.15, 0.2) is 30.5 Å². The van der Waals surface area contributed by atoms with Gasteiger partial charge in [0.05, 0.1) is 36.5 Å². The van der Waals surface area contributed by atoms with Crippen molar-refractivity contribution in [3.63, 3.8) is 0 Å². The largest absolute Gasteiger partial charge is 0.496 e. The van der Waals surface area contributed by atoms with Crippen molar-refractivity contribution >= 4 is 11.8 Å². The third kappa shape index (κ3) is 3.99. The molecule has 9 nitrogen and oxygen atoms in total. The van der Waals surface area contributed by atoms with Gasteiger partial charge in [-0.2, -0.15) is 0 Å². The van der Waals surface area contributed by atoms with Gasteiger partial charge in [-0.15, -0.1) is 5.10 Å². The number of hydrogen-bond acceptors (Lipinski definition) is 6. The van der Waals surface area contributed by atoms with E-state index in [0.717, 1.165) is 0 Å². The highest BCUT2D eigenvalue weighted by Crippen LogP contribution is 2.24. The van der Waals surface area contributed by atoms with Gasteiger partial charge >= 0.3 is 0 Å². The van der Waals surface area contributed by atoms with Crippen LogP contribution in [-0.4, -0.2) is 53.6 Å². The molecule has 1 saturated heterocycles. The number of rotatable bonds is 6. The smallest absolute Gasteiger partial charge is 0.255 e. The summed E-state index contributed by atoms with van der Waals surface area (Å²) in [7, 11) is 3.16. The number of hydrogen-bond donors (Lipinski definition) is 3. The fourth-order valence-corrected chi connectivity index (χ4v) is 3.28. The van der Waals surface area contributed by atoms with Crippen LogP contribution in [0.5, 0.6) is 5.75 Å². The summed E-state index contributed by atoms with van der Waals surface area (Å²) >= 11 is 0. The second-order valence-corrected chi connectivity index (χ2v) is 7.33. The standard InChI is InChI=1S/C19H26N6O3/c1-19(2,22-17(26)13-7-5-6-8-15(13)28-4)16-11-25(24-23-16)12-9-14(21-10-12)18(27)20-3/h5-8,11-12,14,21H,9-10H2,1-4H3,(H,20,27)(H,22,26)/t12-,14+/m1/s1. The quantitative estimate of drug-likeness (QED) is 0.671. The first-order valence-electron chi connectivity index (χ1n) is 9.18. The minimum Gasteiger partial charge on any atom is -0.496 e. The molecular formula is C19H26N6O3. The average Bonchev–Trinajstić information content (AvgIpc) is 3.36. The van der Waals surface area contributed by atoms with Crippen LogP contribution in [0.2, 0.25) is 0 Å². The number of aromatic nitrogens is 3. The Hall–Kier alpha value is -2.94. The van der Waals surface area contributed by atoms with Crippen LogP contribution in [0, 0.1) is 0 Å². The Morgan fingerprint density at radius 1 is 1.32 bits per heavy atom. The fourth-order valence-electron chi connectivity index (χ4n) is 3.28. The van der Waals surface area contributed by atoms with Crippen molar-refractivity contribution in [2.45, 2.75) is 37.9 Å². The van der Waals surface area contributed by atoms with E-state index in [4.69, 9.17) is 4.74 Å². The number of para-hydroxylation sites is 1. The number of benzene rings is 1. The van der Waals surface area contributed by atoms with E-state index in [1.54, 1.807) is 29.9 Å². The van der Waals surface area contributed by atoms with Crippen LogP contribution in [0.3, 0.4) is 0 Å². The molecule has 1 fully saturated rings. The lowest BCUT2D eigenvalue weighted by atomic mass is 10.0. The van der Waals surface area contributed by atoms with E-state index in [9.17, 15) is 9.59 Å². The molecule has 0 spiro atoms. The number of likely N-dealkylation sites (N-methyl/N-ethyl adjacent to an activating group) is 1. The van der Waals surface area contributed by atoms with Crippen molar-refractivity contribution < 1.29 is 14.3 Å². The summed E-state index contributed by atoms with van der Waals surface area (Å²) in [5.41, 5.74) is 0.362. The first-order valence-corrected chi connectivity index (χ1v) is 9.18. The first kappa shape index (κ1) is 19.8. The number of nitrogens with one attached hydrogen (secondary N) is 3. The molecule has 2 atom stereocenters. The Labute approximate surface area is 163 Å². The van der Waals surface area contributed by atoms with Gasteiger partial charge in [-0.3, -0.25) is 9.59 Å².